The van der Waals surface area contributed by atoms with Crippen LogP contribution in [0.5, 0.6) is 11.5 Å². The van der Waals surface area contributed by atoms with Crippen molar-refractivity contribution in [2.75, 3.05) is 32.7 Å². The summed E-state index contributed by atoms with van der Waals surface area (Å²) in [7, 11) is 3.05. The number of benzene rings is 2. The minimum Gasteiger partial charge on any atom is -0.493 e. The summed E-state index contributed by atoms with van der Waals surface area (Å²) in [5.74, 6) is -0.688. The summed E-state index contributed by atoms with van der Waals surface area (Å²) in [6.45, 7) is 3.13. The normalized spacial score (nSPS) is 11.0. The van der Waals surface area contributed by atoms with E-state index in [0.717, 1.165) is 11.9 Å². The van der Waals surface area contributed by atoms with Gasteiger partial charge in [0.2, 0.25) is 5.91 Å². The van der Waals surface area contributed by atoms with Gasteiger partial charge in [0.1, 0.15) is 0 Å². The van der Waals surface area contributed by atoms with E-state index in [9.17, 15) is 19.3 Å². The number of carbonyl (C=O) groups excluding carboxylic acids is 3. The molecule has 2 aromatic carbocycles. The Bertz CT molecular complexity index is 1100. The first-order chi connectivity index (χ1) is 16.7. The number of hydrogen-bond acceptors (Lipinski definition) is 9. The fourth-order valence-corrected chi connectivity index (χ4v) is 3.12. The fraction of sp³-hybridized carbons (Fsp3) is 0.292. The average molecular weight is 502 g/mol. The van der Waals surface area contributed by atoms with Crippen LogP contribution in [-0.4, -0.2) is 49.9 Å². The molecule has 0 heterocycles. The molecule has 0 aromatic heterocycles. The minimum absolute atomic E-state index is 0.0919. The minimum atomic E-state index is -0.775. The molecule has 0 bridgehead atoms. The van der Waals surface area contributed by atoms with Crippen LogP contribution in [0.3, 0.4) is 0 Å². The van der Waals surface area contributed by atoms with E-state index < -0.39 is 29.1 Å². The van der Waals surface area contributed by atoms with Crippen molar-refractivity contribution in [3.05, 3.63) is 64.6 Å². The third-order valence-electron chi connectivity index (χ3n) is 4.57. The number of esters is 1. The highest BCUT2D eigenvalue weighted by Gasteiger charge is 2.21. The van der Waals surface area contributed by atoms with Gasteiger partial charge < -0.3 is 24.8 Å². The maximum absolute atomic E-state index is 12.5. The van der Waals surface area contributed by atoms with Crippen molar-refractivity contribution in [2.24, 2.45) is 4.58 Å². The van der Waals surface area contributed by atoms with Gasteiger partial charge in [0.15, 0.2) is 18.1 Å². The van der Waals surface area contributed by atoms with Gasteiger partial charge in [0, 0.05) is 29.2 Å². The summed E-state index contributed by atoms with van der Waals surface area (Å²) in [4.78, 5) is 47.3. The molecule has 35 heavy (non-hydrogen) atoms. The Balaban J connectivity index is 1.98. The Morgan fingerprint density at radius 3 is 2.46 bits per heavy atom. The molecule has 11 heteroatoms. The Kier molecular flexibility index (Phi) is 10.3. The first-order valence-electron chi connectivity index (χ1n) is 10.4. The number of rotatable bonds is 12. The predicted octanol–water partition coefficient (Wildman–Crippen LogP) is 3.82. The molecule has 0 spiro atoms. The smallest absolute Gasteiger partial charge is 0.340 e. The average Bonchev–Trinajstić information content (AvgIpc) is 2.84. The number of anilines is 1. The van der Waals surface area contributed by atoms with Gasteiger partial charge in [-0.05, 0) is 49.8 Å². The van der Waals surface area contributed by atoms with E-state index in [2.05, 4.69) is 15.2 Å². The van der Waals surface area contributed by atoms with E-state index in [1.807, 2.05) is 0 Å². The molecule has 0 aliphatic heterocycles. The van der Waals surface area contributed by atoms with Crippen LogP contribution in [0, 0.1) is 4.91 Å². The lowest BCUT2D eigenvalue weighted by Gasteiger charge is -2.19. The van der Waals surface area contributed by atoms with Crippen LogP contribution >= 0.6 is 11.9 Å². The number of carbonyl (C=O) groups is 3. The van der Waals surface area contributed by atoms with Crippen LogP contribution in [0.15, 0.2) is 53.1 Å². The highest BCUT2D eigenvalue weighted by molar-refractivity contribution is 7.99. The number of methoxy groups -OCH3 is 2. The topological polar surface area (TPSA) is 132 Å². The molecule has 10 nitrogen and oxygen atoms in total. The zero-order chi connectivity index (χ0) is 25.8. The van der Waals surface area contributed by atoms with Gasteiger partial charge >= 0.3 is 5.97 Å². The molecular formula is C24H27N3O7S. The number of nitroso groups, excluding NO2 is 1. The van der Waals surface area contributed by atoms with E-state index >= 15 is 0 Å². The lowest BCUT2D eigenvalue weighted by molar-refractivity contribution is -0.124. The SMILES string of the molecule is COc1ccc(/C=C/C(=O)Nc2ccccc2C(=O)OCC(=O)NCC(C)(C)SN=O)cc1OC. The van der Waals surface area contributed by atoms with E-state index in [1.54, 1.807) is 56.3 Å². The maximum atomic E-state index is 12.5. The van der Waals surface area contributed by atoms with Crippen molar-refractivity contribution in [1.82, 2.24) is 5.32 Å². The zero-order valence-corrected chi connectivity index (χ0v) is 20.6. The monoisotopic (exact) mass is 501 g/mol. The number of amides is 2. The molecule has 0 atom stereocenters. The first kappa shape index (κ1) is 27.4. The van der Waals surface area contributed by atoms with E-state index in [4.69, 9.17) is 14.2 Å². The van der Waals surface area contributed by atoms with Gasteiger partial charge in [-0.2, -0.15) is 0 Å². The number of para-hydroxylation sites is 1. The predicted molar refractivity (Wildman–Crippen MR) is 134 cm³/mol. The number of ether oxygens (including phenoxy) is 3. The third-order valence-corrected chi connectivity index (χ3v) is 5.28. The molecule has 2 aromatic rings. The van der Waals surface area contributed by atoms with Crippen molar-refractivity contribution in [1.29, 1.82) is 0 Å². The summed E-state index contributed by atoms with van der Waals surface area (Å²) < 4.78 is 17.7. The summed E-state index contributed by atoms with van der Waals surface area (Å²) in [6.07, 6.45) is 2.90. The van der Waals surface area contributed by atoms with Gasteiger partial charge in [0.25, 0.3) is 5.91 Å². The summed E-state index contributed by atoms with van der Waals surface area (Å²) in [5, 5.41) is 5.21. The number of nitrogens with zero attached hydrogens (tertiary/aromatic N) is 1. The lowest BCUT2D eigenvalue weighted by Crippen LogP contribution is -2.38. The Labute approximate surface area is 207 Å². The highest BCUT2D eigenvalue weighted by Crippen LogP contribution is 2.28. The highest BCUT2D eigenvalue weighted by atomic mass is 32.2. The Morgan fingerprint density at radius 1 is 1.06 bits per heavy atom. The van der Waals surface area contributed by atoms with Gasteiger partial charge in [-0.25, -0.2) is 4.79 Å². The van der Waals surface area contributed by atoms with Crippen molar-refractivity contribution >= 4 is 41.5 Å². The molecule has 2 amide bonds. The molecule has 0 unspecified atom stereocenters. The molecule has 2 rings (SSSR count). The quantitative estimate of drug-likeness (QED) is 0.194. The van der Waals surface area contributed by atoms with Crippen LogP contribution in [0.2, 0.25) is 0 Å². The third kappa shape index (κ3) is 8.78. The molecule has 0 aliphatic carbocycles. The number of hydrogen-bond donors (Lipinski definition) is 2. The fourth-order valence-electron chi connectivity index (χ4n) is 2.78. The van der Waals surface area contributed by atoms with Gasteiger partial charge in [-0.15, -0.1) is 4.91 Å². The molecule has 186 valence electrons. The van der Waals surface area contributed by atoms with Gasteiger partial charge in [-0.1, -0.05) is 18.2 Å². The second kappa shape index (κ2) is 13.1. The number of nitrogens with one attached hydrogen (secondary N) is 2. The summed E-state index contributed by atoms with van der Waals surface area (Å²) in [5.41, 5.74) is 1.03. The van der Waals surface area contributed by atoms with E-state index in [-0.39, 0.29) is 17.8 Å². The molecule has 0 saturated heterocycles. The van der Waals surface area contributed by atoms with Crippen LogP contribution in [0.25, 0.3) is 6.08 Å². The van der Waals surface area contributed by atoms with Crippen molar-refractivity contribution in [2.45, 2.75) is 18.6 Å². The zero-order valence-electron chi connectivity index (χ0n) is 19.8. The summed E-state index contributed by atoms with van der Waals surface area (Å²) >= 11 is 0.800. The first-order valence-corrected chi connectivity index (χ1v) is 11.2. The standard InChI is InChI=1S/C24H27N3O7S/c1-24(2,35-27-31)15-25-22(29)14-34-23(30)17-7-5-6-8-18(17)26-21(28)12-10-16-9-11-19(32-3)20(13-16)33-4/h5-13H,14-15H2,1-4H3,(H,25,29)(H,26,28)/b12-10+. The van der Waals surface area contributed by atoms with Crippen molar-refractivity contribution in [3.8, 4) is 11.5 Å². The second-order valence-corrected chi connectivity index (χ2v) is 9.20. The lowest BCUT2D eigenvalue weighted by atomic mass is 10.1. The van der Waals surface area contributed by atoms with Crippen molar-refractivity contribution < 1.29 is 28.6 Å². The molecule has 0 fully saturated rings. The van der Waals surface area contributed by atoms with Gasteiger partial charge in [0.05, 0.1) is 30.2 Å². The summed E-state index contributed by atoms with van der Waals surface area (Å²) in [6, 6.07) is 11.5. The van der Waals surface area contributed by atoms with E-state index in [1.165, 1.54) is 26.4 Å². The molecule has 0 aliphatic rings. The maximum Gasteiger partial charge on any atom is 0.340 e. The Morgan fingerprint density at radius 2 is 1.77 bits per heavy atom. The molecule has 0 saturated carbocycles. The van der Waals surface area contributed by atoms with Crippen LogP contribution in [0.4, 0.5) is 5.69 Å². The molecule has 2 N–H and O–H groups in total. The van der Waals surface area contributed by atoms with E-state index in [0.29, 0.717) is 17.1 Å². The molecule has 0 radical (unpaired) electrons. The van der Waals surface area contributed by atoms with Crippen LogP contribution in [0.1, 0.15) is 29.8 Å². The van der Waals surface area contributed by atoms with Crippen LogP contribution < -0.4 is 20.1 Å². The van der Waals surface area contributed by atoms with Crippen molar-refractivity contribution in [3.63, 3.8) is 0 Å². The second-order valence-electron chi connectivity index (χ2n) is 7.76. The van der Waals surface area contributed by atoms with Gasteiger partial charge in [-0.3, -0.25) is 9.59 Å². The van der Waals surface area contributed by atoms with Crippen LogP contribution in [-0.2, 0) is 14.3 Å². The molecular weight excluding hydrogens is 474 g/mol. The largest absolute Gasteiger partial charge is 0.493 e. The Hall–Kier alpha value is -3.86.